The standard InChI is InChI=1S/C17H20N2O3.C16H14N2O2/c1-3-15(20)16-14(18-10-12-22-2)9-11-19(17(16)21)13-7-5-4-6-8-13;1-11-3-4-13(10-18-11)20-16-7-8-17-15-9-12(19-2)5-6-14(15)16/h4-9,11,18H,3,10,12H2,1-2H3;3-10H,1-2H3. The van der Waals surface area contributed by atoms with Crippen molar-refractivity contribution in [1.82, 2.24) is 14.5 Å². The maximum absolute atomic E-state index is 12.7. The molecule has 0 unspecified atom stereocenters. The number of methoxy groups -OCH3 is 2. The minimum absolute atomic E-state index is 0.171. The molecule has 9 heteroatoms. The maximum Gasteiger partial charge on any atom is 0.268 e. The predicted molar refractivity (Wildman–Crippen MR) is 164 cm³/mol. The summed E-state index contributed by atoms with van der Waals surface area (Å²) >= 11 is 0. The number of ketones is 1. The van der Waals surface area contributed by atoms with Crippen molar-refractivity contribution in [3.05, 3.63) is 113 Å². The fraction of sp³-hybridized carbons (Fsp3) is 0.212. The Kier molecular flexibility index (Phi) is 10.4. The normalized spacial score (nSPS) is 10.5. The fourth-order valence-corrected chi connectivity index (χ4v) is 4.17. The van der Waals surface area contributed by atoms with Crippen LogP contribution in [0.1, 0.15) is 29.4 Å². The summed E-state index contributed by atoms with van der Waals surface area (Å²) in [7, 11) is 3.24. The van der Waals surface area contributed by atoms with Crippen LogP contribution in [0.15, 0.2) is 96.2 Å². The molecule has 0 amide bonds. The SMILES string of the molecule is CCC(=O)c1c(NCCOC)ccn(-c2ccccc2)c1=O.COc1ccc2c(Oc3ccc(C)nc3)ccnc2c1. The molecule has 5 rings (SSSR count). The van der Waals surface area contributed by atoms with E-state index in [1.807, 2.05) is 73.7 Å². The van der Waals surface area contributed by atoms with E-state index in [1.165, 1.54) is 4.57 Å². The van der Waals surface area contributed by atoms with Crippen molar-refractivity contribution in [1.29, 1.82) is 0 Å². The first-order chi connectivity index (χ1) is 20.4. The number of ether oxygens (including phenoxy) is 3. The molecule has 0 aliphatic carbocycles. The van der Waals surface area contributed by atoms with Gasteiger partial charge in [-0.05, 0) is 55.5 Å². The van der Waals surface area contributed by atoms with Crippen LogP contribution in [0.5, 0.6) is 17.2 Å². The number of fused-ring (bicyclic) bond motifs is 1. The van der Waals surface area contributed by atoms with Crippen LogP contribution in [0.3, 0.4) is 0 Å². The Morgan fingerprint density at radius 1 is 0.952 bits per heavy atom. The predicted octanol–water partition coefficient (Wildman–Crippen LogP) is 6.23. The van der Waals surface area contributed by atoms with Crippen molar-refractivity contribution in [3.8, 4) is 22.9 Å². The molecule has 1 N–H and O–H groups in total. The van der Waals surface area contributed by atoms with Gasteiger partial charge in [0.2, 0.25) is 0 Å². The summed E-state index contributed by atoms with van der Waals surface area (Å²) in [6.07, 6.45) is 5.40. The highest BCUT2D eigenvalue weighted by molar-refractivity contribution is 6.00. The quantitative estimate of drug-likeness (QED) is 0.157. The number of para-hydroxylation sites is 1. The van der Waals surface area contributed by atoms with Crippen LogP contribution in [-0.4, -0.2) is 47.7 Å². The number of aromatic nitrogens is 3. The van der Waals surface area contributed by atoms with E-state index in [9.17, 15) is 9.59 Å². The first kappa shape index (κ1) is 30.0. The minimum atomic E-state index is -0.305. The molecule has 9 nitrogen and oxygen atoms in total. The number of nitrogens with one attached hydrogen (secondary N) is 1. The van der Waals surface area contributed by atoms with Crippen LogP contribution in [0.4, 0.5) is 5.69 Å². The van der Waals surface area contributed by atoms with Gasteiger partial charge < -0.3 is 19.5 Å². The van der Waals surface area contributed by atoms with Crippen molar-refractivity contribution in [2.75, 3.05) is 32.7 Å². The van der Waals surface area contributed by atoms with Gasteiger partial charge in [0.1, 0.15) is 22.8 Å². The zero-order valence-corrected chi connectivity index (χ0v) is 24.2. The van der Waals surface area contributed by atoms with Gasteiger partial charge in [0, 0.05) is 55.3 Å². The molecule has 0 saturated heterocycles. The molecule has 0 fully saturated rings. The Bertz CT molecular complexity index is 1690. The summed E-state index contributed by atoms with van der Waals surface area (Å²) in [4.78, 5) is 33.4. The van der Waals surface area contributed by atoms with E-state index in [1.54, 1.807) is 45.8 Å². The molecular weight excluding hydrogens is 532 g/mol. The van der Waals surface area contributed by atoms with Crippen molar-refractivity contribution in [2.24, 2.45) is 0 Å². The Balaban J connectivity index is 0.000000193. The molecule has 0 bridgehead atoms. The summed E-state index contributed by atoms with van der Waals surface area (Å²) in [5, 5.41) is 4.03. The summed E-state index contributed by atoms with van der Waals surface area (Å²) in [6, 6.07) is 22.4. The van der Waals surface area contributed by atoms with Gasteiger partial charge in [0.15, 0.2) is 5.78 Å². The van der Waals surface area contributed by atoms with Crippen LogP contribution in [0.2, 0.25) is 0 Å². The second-order valence-electron chi connectivity index (χ2n) is 9.24. The molecule has 0 radical (unpaired) electrons. The van der Waals surface area contributed by atoms with E-state index < -0.39 is 0 Å². The van der Waals surface area contributed by atoms with Gasteiger partial charge in [-0.1, -0.05) is 25.1 Å². The van der Waals surface area contributed by atoms with E-state index in [0.717, 1.165) is 33.8 Å². The van der Waals surface area contributed by atoms with Crippen LogP contribution >= 0.6 is 0 Å². The first-order valence-electron chi connectivity index (χ1n) is 13.6. The molecule has 2 aromatic carbocycles. The number of Topliss-reactive ketones (excluding diaryl/α,β-unsaturated/α-hetero) is 1. The lowest BCUT2D eigenvalue weighted by molar-refractivity contribution is 0.0987. The highest BCUT2D eigenvalue weighted by atomic mass is 16.5. The van der Waals surface area contributed by atoms with E-state index >= 15 is 0 Å². The van der Waals surface area contributed by atoms with E-state index in [0.29, 0.717) is 24.6 Å². The lowest BCUT2D eigenvalue weighted by atomic mass is 10.1. The average Bonchev–Trinajstić information content (AvgIpc) is 3.02. The Morgan fingerprint density at radius 2 is 1.74 bits per heavy atom. The van der Waals surface area contributed by atoms with Crippen molar-refractivity contribution < 1.29 is 19.0 Å². The molecule has 0 spiro atoms. The van der Waals surface area contributed by atoms with Crippen molar-refractivity contribution in [2.45, 2.75) is 20.3 Å². The van der Waals surface area contributed by atoms with E-state index in [4.69, 9.17) is 14.2 Å². The van der Waals surface area contributed by atoms with Crippen molar-refractivity contribution >= 4 is 22.4 Å². The number of nitrogens with zero attached hydrogens (tertiary/aromatic N) is 3. The molecule has 0 atom stereocenters. The maximum atomic E-state index is 12.7. The largest absolute Gasteiger partial charge is 0.497 e. The number of hydrogen-bond donors (Lipinski definition) is 1. The summed E-state index contributed by atoms with van der Waals surface area (Å²) in [6.45, 7) is 4.73. The third kappa shape index (κ3) is 7.38. The average molecular weight is 567 g/mol. The molecule has 3 heterocycles. The zero-order chi connectivity index (χ0) is 29.9. The van der Waals surface area contributed by atoms with Gasteiger partial charge in [0.05, 0.1) is 31.1 Å². The molecule has 5 aromatic rings. The van der Waals surface area contributed by atoms with Gasteiger partial charge in [-0.2, -0.15) is 0 Å². The molecule has 3 aromatic heterocycles. The smallest absolute Gasteiger partial charge is 0.268 e. The summed E-state index contributed by atoms with van der Waals surface area (Å²) < 4.78 is 17.6. The van der Waals surface area contributed by atoms with Crippen molar-refractivity contribution in [3.63, 3.8) is 0 Å². The second kappa shape index (κ2) is 14.6. The topological polar surface area (TPSA) is 105 Å². The van der Waals surface area contributed by atoms with Crippen LogP contribution in [0.25, 0.3) is 16.6 Å². The number of anilines is 1. The second-order valence-corrected chi connectivity index (χ2v) is 9.24. The lowest BCUT2D eigenvalue weighted by Crippen LogP contribution is -2.27. The van der Waals surface area contributed by atoms with Gasteiger partial charge in [-0.25, -0.2) is 0 Å². The van der Waals surface area contributed by atoms with Gasteiger partial charge in [0.25, 0.3) is 5.56 Å². The number of carbonyl (C=O) groups excluding carboxylic acids is 1. The van der Waals surface area contributed by atoms with Crippen LogP contribution in [0, 0.1) is 6.92 Å². The molecule has 42 heavy (non-hydrogen) atoms. The minimum Gasteiger partial charge on any atom is -0.497 e. The molecule has 0 aliphatic heterocycles. The van der Waals surface area contributed by atoms with Gasteiger partial charge in [-0.3, -0.25) is 24.1 Å². The Hall–Kier alpha value is -5.02. The monoisotopic (exact) mass is 566 g/mol. The van der Waals surface area contributed by atoms with Gasteiger partial charge in [-0.15, -0.1) is 0 Å². The number of aryl methyl sites for hydroxylation is 1. The Morgan fingerprint density at radius 3 is 2.43 bits per heavy atom. The third-order valence-electron chi connectivity index (χ3n) is 6.37. The number of benzene rings is 2. The fourth-order valence-electron chi connectivity index (χ4n) is 4.17. The third-order valence-corrected chi connectivity index (χ3v) is 6.37. The first-order valence-corrected chi connectivity index (χ1v) is 13.6. The summed E-state index contributed by atoms with van der Waals surface area (Å²) in [5.74, 6) is 2.07. The molecule has 216 valence electrons. The highest BCUT2D eigenvalue weighted by Gasteiger charge is 2.17. The number of pyridine rings is 3. The Labute approximate surface area is 244 Å². The van der Waals surface area contributed by atoms with Gasteiger partial charge >= 0.3 is 0 Å². The summed E-state index contributed by atoms with van der Waals surface area (Å²) in [5.41, 5.74) is 2.98. The number of carbonyl (C=O) groups is 1. The zero-order valence-electron chi connectivity index (χ0n) is 24.2. The highest BCUT2D eigenvalue weighted by Crippen LogP contribution is 2.30. The van der Waals surface area contributed by atoms with E-state index in [2.05, 4.69) is 15.3 Å². The molecule has 0 aliphatic rings. The lowest BCUT2D eigenvalue weighted by Gasteiger charge is -2.13. The number of rotatable bonds is 10. The molecule has 0 saturated carbocycles. The molecular formula is C33H34N4O5. The number of hydrogen-bond acceptors (Lipinski definition) is 8. The van der Waals surface area contributed by atoms with Crippen LogP contribution in [-0.2, 0) is 4.74 Å². The van der Waals surface area contributed by atoms with Crippen LogP contribution < -0.4 is 20.3 Å². The van der Waals surface area contributed by atoms with E-state index in [-0.39, 0.29) is 23.3 Å².